The van der Waals surface area contributed by atoms with Gasteiger partial charge < -0.3 is 15.4 Å². The molecule has 0 saturated carbocycles. The number of nitrogens with zero attached hydrogens (tertiary/aromatic N) is 2. The summed E-state index contributed by atoms with van der Waals surface area (Å²) in [6.07, 6.45) is 2.73. The first kappa shape index (κ1) is 19.7. The third kappa shape index (κ3) is 5.00. The molecule has 5 heteroatoms. The van der Waals surface area contributed by atoms with E-state index in [-0.39, 0.29) is 0 Å². The van der Waals surface area contributed by atoms with Gasteiger partial charge in [-0.3, -0.25) is 4.98 Å². The second kappa shape index (κ2) is 9.74. The number of hydrogen-bond donors (Lipinski definition) is 2. The molecule has 3 aromatic rings. The van der Waals surface area contributed by atoms with Gasteiger partial charge in [-0.2, -0.15) is 0 Å². The van der Waals surface area contributed by atoms with Crippen molar-refractivity contribution in [1.82, 2.24) is 15.6 Å². The number of benzene rings is 2. The van der Waals surface area contributed by atoms with Crippen molar-refractivity contribution < 1.29 is 4.74 Å². The fourth-order valence-corrected chi connectivity index (χ4v) is 3.17. The summed E-state index contributed by atoms with van der Waals surface area (Å²) in [5.74, 6) is 1.68. The normalized spacial score (nSPS) is 11.5. The van der Waals surface area contributed by atoms with E-state index < -0.39 is 0 Å². The van der Waals surface area contributed by atoms with E-state index in [1.54, 1.807) is 7.11 Å². The summed E-state index contributed by atoms with van der Waals surface area (Å²) in [7, 11) is 1.70. The molecular formula is C23H28N4O. The maximum atomic E-state index is 5.48. The minimum atomic E-state index is 0.564. The van der Waals surface area contributed by atoms with E-state index in [2.05, 4.69) is 65.9 Å². The number of fused-ring (bicyclic) bond motifs is 1. The Morgan fingerprint density at radius 3 is 2.75 bits per heavy atom. The fourth-order valence-electron chi connectivity index (χ4n) is 3.17. The molecule has 0 aliphatic rings. The van der Waals surface area contributed by atoms with Gasteiger partial charge in [-0.1, -0.05) is 36.4 Å². The van der Waals surface area contributed by atoms with E-state index in [1.807, 2.05) is 18.3 Å². The van der Waals surface area contributed by atoms with Crippen LogP contribution in [0.2, 0.25) is 0 Å². The van der Waals surface area contributed by atoms with Crippen LogP contribution in [0, 0.1) is 6.92 Å². The second-order valence-electron chi connectivity index (χ2n) is 6.68. The number of hydrogen-bond acceptors (Lipinski definition) is 3. The van der Waals surface area contributed by atoms with E-state index in [0.717, 1.165) is 42.3 Å². The Morgan fingerprint density at radius 1 is 1.07 bits per heavy atom. The molecule has 0 spiro atoms. The lowest BCUT2D eigenvalue weighted by Gasteiger charge is -2.13. The predicted molar refractivity (Wildman–Crippen MR) is 116 cm³/mol. The summed E-state index contributed by atoms with van der Waals surface area (Å²) in [6, 6.07) is 16.6. The Hall–Kier alpha value is -3.08. The van der Waals surface area contributed by atoms with Crippen LogP contribution in [0.1, 0.15) is 23.6 Å². The number of guanidine groups is 1. The van der Waals surface area contributed by atoms with E-state index in [1.165, 1.54) is 16.5 Å². The highest BCUT2D eigenvalue weighted by Gasteiger charge is 2.05. The van der Waals surface area contributed by atoms with Gasteiger partial charge in [0.1, 0.15) is 5.75 Å². The van der Waals surface area contributed by atoms with Gasteiger partial charge in [-0.05, 0) is 43.5 Å². The number of ether oxygens (including phenoxy) is 1. The topological polar surface area (TPSA) is 58.5 Å². The van der Waals surface area contributed by atoms with Gasteiger partial charge in [0.15, 0.2) is 5.96 Å². The van der Waals surface area contributed by atoms with Gasteiger partial charge in [0.2, 0.25) is 0 Å². The molecule has 0 radical (unpaired) electrons. The molecule has 0 fully saturated rings. The standard InChI is InChI=1S/C23H28N4O/c1-4-24-23(27-16-20-11-10-17(2)15-21(20)28-3)26-14-12-19-8-5-7-18-9-6-13-25-22(18)19/h5-11,13,15H,4,12,14,16H2,1-3H3,(H2,24,26,27). The van der Waals surface area contributed by atoms with Crippen molar-refractivity contribution in [2.24, 2.45) is 4.99 Å². The lowest BCUT2D eigenvalue weighted by Crippen LogP contribution is -2.38. The largest absolute Gasteiger partial charge is 0.496 e. The Kier molecular flexibility index (Phi) is 6.84. The summed E-state index contributed by atoms with van der Waals surface area (Å²) in [4.78, 5) is 9.24. The van der Waals surface area contributed by atoms with Crippen molar-refractivity contribution >= 4 is 16.9 Å². The molecule has 0 amide bonds. The average Bonchev–Trinajstić information content (AvgIpc) is 2.72. The van der Waals surface area contributed by atoms with Crippen LogP contribution in [0.15, 0.2) is 59.7 Å². The number of methoxy groups -OCH3 is 1. The minimum absolute atomic E-state index is 0.564. The van der Waals surface area contributed by atoms with Crippen LogP contribution < -0.4 is 15.4 Å². The molecule has 0 unspecified atom stereocenters. The maximum Gasteiger partial charge on any atom is 0.191 e. The Morgan fingerprint density at radius 2 is 1.93 bits per heavy atom. The van der Waals surface area contributed by atoms with Crippen LogP contribution in [-0.2, 0) is 13.0 Å². The molecule has 0 atom stereocenters. The van der Waals surface area contributed by atoms with E-state index in [0.29, 0.717) is 6.54 Å². The minimum Gasteiger partial charge on any atom is -0.496 e. The monoisotopic (exact) mass is 376 g/mol. The number of aromatic nitrogens is 1. The first-order chi connectivity index (χ1) is 13.7. The van der Waals surface area contributed by atoms with Gasteiger partial charge >= 0.3 is 0 Å². The number of para-hydroxylation sites is 1. The molecule has 2 N–H and O–H groups in total. The predicted octanol–water partition coefficient (Wildman–Crippen LogP) is 3.85. The summed E-state index contributed by atoms with van der Waals surface area (Å²) in [5, 5.41) is 7.90. The first-order valence-corrected chi connectivity index (χ1v) is 9.69. The summed E-state index contributed by atoms with van der Waals surface area (Å²) >= 11 is 0. The molecule has 0 bridgehead atoms. The van der Waals surface area contributed by atoms with E-state index >= 15 is 0 Å². The second-order valence-corrected chi connectivity index (χ2v) is 6.68. The SMILES string of the molecule is CCNC(=NCc1ccc(C)cc1OC)NCCc1cccc2cccnc12. The molecule has 5 nitrogen and oxygen atoms in total. The lowest BCUT2D eigenvalue weighted by atomic mass is 10.1. The number of rotatable bonds is 7. The zero-order chi connectivity index (χ0) is 19.8. The van der Waals surface area contributed by atoms with Gasteiger partial charge in [-0.25, -0.2) is 4.99 Å². The number of nitrogens with one attached hydrogen (secondary N) is 2. The molecule has 0 aliphatic carbocycles. The zero-order valence-electron chi connectivity index (χ0n) is 16.8. The number of aryl methyl sites for hydroxylation is 1. The Bertz CT molecular complexity index is 947. The van der Waals surface area contributed by atoms with Crippen LogP contribution in [0.5, 0.6) is 5.75 Å². The van der Waals surface area contributed by atoms with Crippen LogP contribution in [0.3, 0.4) is 0 Å². The van der Waals surface area contributed by atoms with Crippen LogP contribution in [-0.4, -0.2) is 31.1 Å². The Balaban J connectivity index is 1.65. The molecule has 0 saturated heterocycles. The third-order valence-electron chi connectivity index (χ3n) is 4.60. The molecule has 3 rings (SSSR count). The van der Waals surface area contributed by atoms with Gasteiger partial charge in [0.05, 0.1) is 19.2 Å². The third-order valence-corrected chi connectivity index (χ3v) is 4.60. The fraction of sp³-hybridized carbons (Fsp3) is 0.304. The molecule has 146 valence electrons. The molecule has 0 aliphatic heterocycles. The molecular weight excluding hydrogens is 348 g/mol. The highest BCUT2D eigenvalue weighted by atomic mass is 16.5. The van der Waals surface area contributed by atoms with Gasteiger partial charge in [0.25, 0.3) is 0 Å². The van der Waals surface area contributed by atoms with Gasteiger partial charge in [0, 0.05) is 30.2 Å². The first-order valence-electron chi connectivity index (χ1n) is 9.69. The Labute approximate surface area is 166 Å². The van der Waals surface area contributed by atoms with Crippen LogP contribution in [0.25, 0.3) is 10.9 Å². The average molecular weight is 377 g/mol. The number of pyridine rings is 1. The van der Waals surface area contributed by atoms with Crippen molar-refractivity contribution in [1.29, 1.82) is 0 Å². The summed E-state index contributed by atoms with van der Waals surface area (Å²) in [5.41, 5.74) is 4.56. The lowest BCUT2D eigenvalue weighted by molar-refractivity contribution is 0.409. The number of aliphatic imine (C=N–C) groups is 1. The van der Waals surface area contributed by atoms with Gasteiger partial charge in [-0.15, -0.1) is 0 Å². The highest BCUT2D eigenvalue weighted by molar-refractivity contribution is 5.82. The van der Waals surface area contributed by atoms with Crippen molar-refractivity contribution in [3.8, 4) is 5.75 Å². The van der Waals surface area contributed by atoms with Crippen molar-refractivity contribution in [2.75, 3.05) is 20.2 Å². The molecule has 1 heterocycles. The van der Waals surface area contributed by atoms with E-state index in [9.17, 15) is 0 Å². The molecule has 28 heavy (non-hydrogen) atoms. The quantitative estimate of drug-likeness (QED) is 0.486. The maximum absolute atomic E-state index is 5.48. The summed E-state index contributed by atoms with van der Waals surface area (Å²) < 4.78 is 5.48. The highest BCUT2D eigenvalue weighted by Crippen LogP contribution is 2.20. The smallest absolute Gasteiger partial charge is 0.191 e. The van der Waals surface area contributed by atoms with Crippen molar-refractivity contribution in [2.45, 2.75) is 26.8 Å². The zero-order valence-corrected chi connectivity index (χ0v) is 16.8. The molecule has 1 aromatic heterocycles. The van der Waals surface area contributed by atoms with Crippen molar-refractivity contribution in [3.05, 3.63) is 71.4 Å². The molecule has 2 aromatic carbocycles. The van der Waals surface area contributed by atoms with E-state index in [4.69, 9.17) is 9.73 Å². The van der Waals surface area contributed by atoms with Crippen LogP contribution >= 0.6 is 0 Å². The van der Waals surface area contributed by atoms with Crippen molar-refractivity contribution in [3.63, 3.8) is 0 Å². The van der Waals surface area contributed by atoms with Crippen LogP contribution in [0.4, 0.5) is 0 Å². The summed E-state index contributed by atoms with van der Waals surface area (Å²) in [6.45, 7) is 6.29.